The normalized spacial score (nSPS) is 13.9. The number of rotatable bonds is 11. The van der Waals surface area contributed by atoms with Gasteiger partial charge in [0.25, 0.3) is 0 Å². The number of carbonyl (C=O) groups excluding carboxylic acids is 2. The maximum atomic E-state index is 12.2. The van der Waals surface area contributed by atoms with Gasteiger partial charge in [0.2, 0.25) is 11.8 Å². The molecule has 0 saturated carbocycles. The van der Waals surface area contributed by atoms with Gasteiger partial charge in [0.1, 0.15) is 0 Å². The minimum atomic E-state index is -0.881. The van der Waals surface area contributed by atoms with E-state index < -0.39 is 13.2 Å². The summed E-state index contributed by atoms with van der Waals surface area (Å²) in [5.74, 6) is -0.389. The molecule has 0 aromatic heterocycles. The Morgan fingerprint density at radius 1 is 1.29 bits per heavy atom. The summed E-state index contributed by atoms with van der Waals surface area (Å²) in [5, 5.41) is 12.5. The molecular weight excluding hydrogens is 361 g/mol. The van der Waals surface area contributed by atoms with E-state index in [9.17, 15) is 14.6 Å². The Morgan fingerprint density at radius 3 is 2.68 bits per heavy atom. The average Bonchev–Trinajstić information content (AvgIpc) is 3.06. The summed E-state index contributed by atoms with van der Waals surface area (Å²) in [7, 11) is -0.881. The second-order valence-corrected chi connectivity index (χ2v) is 6.84. The van der Waals surface area contributed by atoms with Gasteiger partial charge in [-0.25, -0.2) is 0 Å². The van der Waals surface area contributed by atoms with Crippen molar-refractivity contribution in [1.82, 2.24) is 10.2 Å². The molecule has 9 nitrogen and oxygen atoms in total. The standard InChI is InChI=1S/C18H30BN5O4/c20-6-9-24(10-7-21)17(25)4-3-16(22)18(26)23-8-5-13-1-2-14-12-28-19(27)15(14)11-13/h1-2,11,16,27H,3-10,12,20-22H2,(H,23,26). The van der Waals surface area contributed by atoms with Crippen molar-refractivity contribution in [2.45, 2.75) is 31.9 Å². The van der Waals surface area contributed by atoms with Crippen LogP contribution in [0.1, 0.15) is 24.0 Å². The number of hydrogen-bond acceptors (Lipinski definition) is 7. The summed E-state index contributed by atoms with van der Waals surface area (Å²) in [6.45, 7) is 2.45. The zero-order valence-corrected chi connectivity index (χ0v) is 16.1. The van der Waals surface area contributed by atoms with E-state index in [0.717, 1.165) is 16.6 Å². The van der Waals surface area contributed by atoms with Gasteiger partial charge in [0, 0.05) is 39.1 Å². The molecule has 0 saturated heterocycles. The third kappa shape index (κ3) is 6.28. The number of nitrogens with two attached hydrogens (primary N) is 3. The molecule has 154 valence electrons. The summed E-state index contributed by atoms with van der Waals surface area (Å²) < 4.78 is 5.17. The summed E-state index contributed by atoms with van der Waals surface area (Å²) >= 11 is 0. The van der Waals surface area contributed by atoms with Crippen molar-refractivity contribution in [2.24, 2.45) is 17.2 Å². The summed E-state index contributed by atoms with van der Waals surface area (Å²) in [4.78, 5) is 25.9. The molecule has 0 spiro atoms. The van der Waals surface area contributed by atoms with Gasteiger partial charge >= 0.3 is 7.12 Å². The minimum Gasteiger partial charge on any atom is -0.423 e. The lowest BCUT2D eigenvalue weighted by molar-refractivity contribution is -0.131. The van der Waals surface area contributed by atoms with Crippen molar-refractivity contribution in [2.75, 3.05) is 32.7 Å². The molecule has 0 radical (unpaired) electrons. The van der Waals surface area contributed by atoms with Crippen LogP contribution in [0.2, 0.25) is 0 Å². The largest absolute Gasteiger partial charge is 0.491 e. The van der Waals surface area contributed by atoms with E-state index in [1.54, 1.807) is 4.90 Å². The summed E-state index contributed by atoms with van der Waals surface area (Å²) in [6.07, 6.45) is 1.05. The summed E-state index contributed by atoms with van der Waals surface area (Å²) in [6, 6.07) is 5.02. The number of nitrogens with zero attached hydrogens (tertiary/aromatic N) is 1. The molecule has 1 aromatic rings. The Bertz CT molecular complexity index is 669. The van der Waals surface area contributed by atoms with Crippen molar-refractivity contribution >= 4 is 24.4 Å². The van der Waals surface area contributed by atoms with E-state index in [0.29, 0.717) is 45.8 Å². The molecule has 2 rings (SSSR count). The van der Waals surface area contributed by atoms with E-state index >= 15 is 0 Å². The predicted octanol–water partition coefficient (Wildman–Crippen LogP) is -2.58. The second kappa shape index (κ2) is 11.1. The molecule has 1 aliphatic heterocycles. The molecule has 8 N–H and O–H groups in total. The Kier molecular flexibility index (Phi) is 8.87. The highest BCUT2D eigenvalue weighted by Gasteiger charge is 2.27. The van der Waals surface area contributed by atoms with Crippen LogP contribution in [0.15, 0.2) is 18.2 Å². The fraction of sp³-hybridized carbons (Fsp3) is 0.556. The molecule has 1 heterocycles. The van der Waals surface area contributed by atoms with Crippen molar-refractivity contribution in [3.05, 3.63) is 29.3 Å². The number of nitrogens with one attached hydrogen (secondary N) is 1. The average molecular weight is 391 g/mol. The lowest BCUT2D eigenvalue weighted by Gasteiger charge is -2.22. The monoisotopic (exact) mass is 391 g/mol. The third-order valence-electron chi connectivity index (χ3n) is 4.74. The van der Waals surface area contributed by atoms with Gasteiger partial charge in [-0.2, -0.15) is 0 Å². The maximum Gasteiger partial charge on any atom is 0.491 e. The lowest BCUT2D eigenvalue weighted by atomic mass is 9.78. The van der Waals surface area contributed by atoms with Crippen LogP contribution in [0.3, 0.4) is 0 Å². The SMILES string of the molecule is NCCN(CCN)C(=O)CCC(N)C(=O)NCCc1ccc2c(c1)B(O)OC2. The van der Waals surface area contributed by atoms with E-state index in [1.807, 2.05) is 18.2 Å². The Hall–Kier alpha value is -1.98. The first-order valence-electron chi connectivity index (χ1n) is 9.58. The zero-order valence-electron chi connectivity index (χ0n) is 16.1. The molecule has 10 heteroatoms. The molecule has 0 bridgehead atoms. The number of carbonyl (C=O) groups is 2. The summed E-state index contributed by atoms with van der Waals surface area (Å²) in [5.41, 5.74) is 19.6. The van der Waals surface area contributed by atoms with E-state index in [1.165, 1.54) is 0 Å². The first kappa shape index (κ1) is 22.3. The van der Waals surface area contributed by atoms with Crippen LogP contribution in [-0.2, 0) is 27.3 Å². The van der Waals surface area contributed by atoms with Gasteiger partial charge in [-0.1, -0.05) is 18.2 Å². The molecule has 0 fully saturated rings. The van der Waals surface area contributed by atoms with Crippen molar-refractivity contribution < 1.29 is 19.3 Å². The highest BCUT2D eigenvalue weighted by atomic mass is 16.5. The Morgan fingerprint density at radius 2 is 2.00 bits per heavy atom. The van der Waals surface area contributed by atoms with Crippen LogP contribution in [0.25, 0.3) is 0 Å². The van der Waals surface area contributed by atoms with Crippen molar-refractivity contribution in [3.8, 4) is 0 Å². The van der Waals surface area contributed by atoms with Crippen LogP contribution in [0, 0.1) is 0 Å². The fourth-order valence-electron chi connectivity index (χ4n) is 3.12. The molecule has 28 heavy (non-hydrogen) atoms. The topological polar surface area (TPSA) is 157 Å². The van der Waals surface area contributed by atoms with E-state index in [2.05, 4.69) is 5.32 Å². The molecular formula is C18H30BN5O4. The van der Waals surface area contributed by atoms with E-state index in [4.69, 9.17) is 21.9 Å². The zero-order chi connectivity index (χ0) is 20.5. The highest BCUT2D eigenvalue weighted by Crippen LogP contribution is 2.11. The molecule has 0 aliphatic carbocycles. The van der Waals surface area contributed by atoms with Crippen molar-refractivity contribution in [1.29, 1.82) is 0 Å². The second-order valence-electron chi connectivity index (χ2n) is 6.84. The lowest BCUT2D eigenvalue weighted by Crippen LogP contribution is -2.43. The number of fused-ring (bicyclic) bond motifs is 1. The van der Waals surface area contributed by atoms with Gasteiger partial charge in [0.15, 0.2) is 0 Å². The number of benzene rings is 1. The third-order valence-corrected chi connectivity index (χ3v) is 4.74. The van der Waals surface area contributed by atoms with Crippen LogP contribution in [0.5, 0.6) is 0 Å². The molecule has 1 unspecified atom stereocenters. The number of hydrogen-bond donors (Lipinski definition) is 5. The van der Waals surface area contributed by atoms with Gasteiger partial charge in [-0.05, 0) is 29.4 Å². The van der Waals surface area contributed by atoms with Gasteiger partial charge in [-0.15, -0.1) is 0 Å². The predicted molar refractivity (Wildman–Crippen MR) is 107 cm³/mol. The molecule has 1 aromatic carbocycles. The first-order chi connectivity index (χ1) is 13.5. The van der Waals surface area contributed by atoms with E-state index in [-0.39, 0.29) is 24.7 Å². The minimum absolute atomic E-state index is 0.0990. The van der Waals surface area contributed by atoms with Crippen molar-refractivity contribution in [3.63, 3.8) is 0 Å². The smallest absolute Gasteiger partial charge is 0.423 e. The van der Waals surface area contributed by atoms with Gasteiger partial charge < -0.3 is 37.1 Å². The molecule has 1 atom stereocenters. The highest BCUT2D eigenvalue weighted by molar-refractivity contribution is 6.61. The molecule has 1 aliphatic rings. The quantitative estimate of drug-likeness (QED) is 0.259. The fourth-order valence-corrected chi connectivity index (χ4v) is 3.12. The Balaban J connectivity index is 1.72. The van der Waals surface area contributed by atoms with Crippen LogP contribution >= 0.6 is 0 Å². The molecule has 2 amide bonds. The van der Waals surface area contributed by atoms with Crippen LogP contribution < -0.4 is 28.0 Å². The maximum absolute atomic E-state index is 12.2. The van der Waals surface area contributed by atoms with Crippen LogP contribution in [-0.4, -0.2) is 67.6 Å². The van der Waals surface area contributed by atoms with Crippen LogP contribution in [0.4, 0.5) is 0 Å². The van der Waals surface area contributed by atoms with Gasteiger partial charge in [0.05, 0.1) is 12.6 Å². The number of amides is 2. The van der Waals surface area contributed by atoms with Gasteiger partial charge in [-0.3, -0.25) is 9.59 Å². The Labute approximate surface area is 165 Å². The first-order valence-corrected chi connectivity index (χ1v) is 9.58.